The maximum absolute atomic E-state index is 6.21. The highest BCUT2D eigenvalue weighted by molar-refractivity contribution is 5.30. The second-order valence-corrected chi connectivity index (χ2v) is 6.40. The highest BCUT2D eigenvalue weighted by atomic mass is 16.5. The highest BCUT2D eigenvalue weighted by Crippen LogP contribution is 2.35. The summed E-state index contributed by atoms with van der Waals surface area (Å²) < 4.78 is 6.21. The van der Waals surface area contributed by atoms with Crippen LogP contribution >= 0.6 is 0 Å². The normalized spacial score (nSPS) is 19.4. The molecular formula is C18H30N2O. The maximum atomic E-state index is 6.21. The lowest BCUT2D eigenvalue weighted by Gasteiger charge is -2.43. The average molecular weight is 290 g/mol. The van der Waals surface area contributed by atoms with E-state index in [-0.39, 0.29) is 11.6 Å². The standard InChI is InChI=1S/C18H30N2O/c1-4-21-18(10-6-5-7-11-18)17(20-19)13-16-9-8-14(2)15(3)12-16/h8-9,12,17,20H,4-7,10-11,13,19H2,1-3H3. The van der Waals surface area contributed by atoms with Gasteiger partial charge in [0.2, 0.25) is 0 Å². The van der Waals surface area contributed by atoms with E-state index in [0.29, 0.717) is 0 Å². The topological polar surface area (TPSA) is 47.3 Å². The SMILES string of the molecule is CCOC1(C(Cc2ccc(C)c(C)c2)NN)CCCCC1. The lowest BCUT2D eigenvalue weighted by atomic mass is 9.77. The fourth-order valence-corrected chi connectivity index (χ4v) is 3.59. The number of nitrogens with one attached hydrogen (secondary N) is 1. The predicted octanol–water partition coefficient (Wildman–Crippen LogP) is 3.42. The molecule has 3 nitrogen and oxygen atoms in total. The third-order valence-electron chi connectivity index (χ3n) is 4.98. The minimum absolute atomic E-state index is 0.0967. The van der Waals surface area contributed by atoms with Crippen LogP contribution in [0.3, 0.4) is 0 Å². The van der Waals surface area contributed by atoms with Crippen molar-refractivity contribution in [3.8, 4) is 0 Å². The molecule has 1 aliphatic carbocycles. The molecule has 0 spiro atoms. The van der Waals surface area contributed by atoms with Crippen LogP contribution in [-0.4, -0.2) is 18.2 Å². The zero-order chi connectivity index (χ0) is 15.3. The summed E-state index contributed by atoms with van der Waals surface area (Å²) in [5.74, 6) is 5.90. The molecule has 3 heteroatoms. The number of hydrazine groups is 1. The molecule has 1 saturated carbocycles. The summed E-state index contributed by atoms with van der Waals surface area (Å²) in [7, 11) is 0. The molecule has 0 aliphatic heterocycles. The monoisotopic (exact) mass is 290 g/mol. The van der Waals surface area contributed by atoms with Gasteiger partial charge in [-0.3, -0.25) is 11.3 Å². The van der Waals surface area contributed by atoms with Gasteiger partial charge in [-0.25, -0.2) is 0 Å². The molecule has 118 valence electrons. The third kappa shape index (κ3) is 3.85. The minimum Gasteiger partial charge on any atom is -0.374 e. The summed E-state index contributed by atoms with van der Waals surface area (Å²) >= 11 is 0. The Kier molecular flexibility index (Phi) is 5.80. The number of rotatable bonds is 6. The van der Waals surface area contributed by atoms with Gasteiger partial charge in [-0.05, 0) is 56.7 Å². The first-order chi connectivity index (χ1) is 10.1. The number of hydrogen-bond donors (Lipinski definition) is 2. The molecule has 1 atom stereocenters. The lowest BCUT2D eigenvalue weighted by molar-refractivity contribution is -0.0898. The molecule has 21 heavy (non-hydrogen) atoms. The number of nitrogens with two attached hydrogens (primary N) is 1. The van der Waals surface area contributed by atoms with Crippen LogP contribution in [0.25, 0.3) is 0 Å². The smallest absolute Gasteiger partial charge is 0.0851 e. The minimum atomic E-state index is -0.0967. The van der Waals surface area contributed by atoms with Gasteiger partial charge < -0.3 is 4.74 Å². The largest absolute Gasteiger partial charge is 0.374 e. The van der Waals surface area contributed by atoms with Gasteiger partial charge in [0, 0.05) is 6.61 Å². The fraction of sp³-hybridized carbons (Fsp3) is 0.667. The first kappa shape index (κ1) is 16.5. The van der Waals surface area contributed by atoms with E-state index in [2.05, 4.69) is 44.4 Å². The van der Waals surface area contributed by atoms with Crippen LogP contribution in [0.2, 0.25) is 0 Å². The van der Waals surface area contributed by atoms with E-state index < -0.39 is 0 Å². The summed E-state index contributed by atoms with van der Waals surface area (Å²) in [5.41, 5.74) is 6.98. The second kappa shape index (κ2) is 7.39. The predicted molar refractivity (Wildman–Crippen MR) is 88.2 cm³/mol. The molecule has 1 fully saturated rings. The van der Waals surface area contributed by atoms with Crippen molar-refractivity contribution < 1.29 is 4.74 Å². The molecular weight excluding hydrogens is 260 g/mol. The van der Waals surface area contributed by atoms with Crippen molar-refractivity contribution in [2.24, 2.45) is 5.84 Å². The Morgan fingerprint density at radius 3 is 2.48 bits per heavy atom. The van der Waals surface area contributed by atoms with Gasteiger partial charge in [0.15, 0.2) is 0 Å². The number of benzene rings is 1. The van der Waals surface area contributed by atoms with Gasteiger partial charge in [0.25, 0.3) is 0 Å². The summed E-state index contributed by atoms with van der Waals surface area (Å²) in [5, 5.41) is 0. The Bertz CT molecular complexity index is 447. The van der Waals surface area contributed by atoms with Crippen molar-refractivity contribution in [1.82, 2.24) is 5.43 Å². The number of ether oxygens (including phenoxy) is 1. The van der Waals surface area contributed by atoms with Gasteiger partial charge in [-0.1, -0.05) is 37.5 Å². The van der Waals surface area contributed by atoms with Gasteiger partial charge in [-0.15, -0.1) is 0 Å². The van der Waals surface area contributed by atoms with E-state index in [9.17, 15) is 0 Å². The van der Waals surface area contributed by atoms with E-state index in [1.807, 2.05) is 0 Å². The summed E-state index contributed by atoms with van der Waals surface area (Å²) in [6.07, 6.45) is 6.95. The lowest BCUT2D eigenvalue weighted by Crippen LogP contribution is -2.57. The van der Waals surface area contributed by atoms with E-state index >= 15 is 0 Å². The molecule has 0 amide bonds. The molecule has 0 heterocycles. The van der Waals surface area contributed by atoms with Crippen molar-refractivity contribution in [3.05, 3.63) is 34.9 Å². The molecule has 3 N–H and O–H groups in total. The van der Waals surface area contributed by atoms with Gasteiger partial charge in [0.1, 0.15) is 0 Å². The Morgan fingerprint density at radius 1 is 1.19 bits per heavy atom. The Hall–Kier alpha value is -0.900. The van der Waals surface area contributed by atoms with E-state index in [0.717, 1.165) is 25.9 Å². The first-order valence-corrected chi connectivity index (χ1v) is 8.27. The van der Waals surface area contributed by atoms with Gasteiger partial charge >= 0.3 is 0 Å². The Morgan fingerprint density at radius 2 is 1.90 bits per heavy atom. The van der Waals surface area contributed by atoms with Crippen LogP contribution in [0.1, 0.15) is 55.7 Å². The van der Waals surface area contributed by atoms with Crippen LogP contribution in [-0.2, 0) is 11.2 Å². The van der Waals surface area contributed by atoms with E-state index in [1.54, 1.807) is 0 Å². The molecule has 1 unspecified atom stereocenters. The molecule has 0 radical (unpaired) electrons. The molecule has 1 aromatic rings. The van der Waals surface area contributed by atoms with Crippen LogP contribution in [0, 0.1) is 13.8 Å². The zero-order valence-corrected chi connectivity index (χ0v) is 13.7. The fourth-order valence-electron chi connectivity index (χ4n) is 3.59. The number of hydrogen-bond acceptors (Lipinski definition) is 3. The van der Waals surface area contributed by atoms with Crippen LogP contribution in [0.4, 0.5) is 0 Å². The highest BCUT2D eigenvalue weighted by Gasteiger charge is 2.40. The van der Waals surface area contributed by atoms with Crippen LogP contribution < -0.4 is 11.3 Å². The van der Waals surface area contributed by atoms with Crippen molar-refractivity contribution >= 4 is 0 Å². The average Bonchev–Trinajstić information content (AvgIpc) is 2.49. The quantitative estimate of drug-likeness (QED) is 0.623. The van der Waals surface area contributed by atoms with Crippen molar-refractivity contribution in [2.45, 2.75) is 70.9 Å². The van der Waals surface area contributed by atoms with Gasteiger partial charge in [-0.2, -0.15) is 0 Å². The third-order valence-corrected chi connectivity index (χ3v) is 4.98. The van der Waals surface area contributed by atoms with Crippen molar-refractivity contribution in [2.75, 3.05) is 6.61 Å². The summed E-state index contributed by atoms with van der Waals surface area (Å²) in [6.45, 7) is 7.16. The molecule has 0 bridgehead atoms. The molecule has 0 aromatic heterocycles. The van der Waals surface area contributed by atoms with Crippen molar-refractivity contribution in [1.29, 1.82) is 0 Å². The molecule has 0 saturated heterocycles. The molecule has 2 rings (SSSR count). The second-order valence-electron chi connectivity index (χ2n) is 6.40. The maximum Gasteiger partial charge on any atom is 0.0851 e. The molecule has 1 aliphatic rings. The first-order valence-electron chi connectivity index (χ1n) is 8.27. The molecule has 1 aromatic carbocycles. The van der Waals surface area contributed by atoms with Crippen molar-refractivity contribution in [3.63, 3.8) is 0 Å². The van der Waals surface area contributed by atoms with E-state index in [1.165, 1.54) is 36.0 Å². The number of aryl methyl sites for hydroxylation is 2. The Labute approximate surface area is 129 Å². The summed E-state index contributed by atoms with van der Waals surface area (Å²) in [6, 6.07) is 6.88. The Balaban J connectivity index is 2.17. The van der Waals surface area contributed by atoms with Gasteiger partial charge in [0.05, 0.1) is 11.6 Å². The van der Waals surface area contributed by atoms with E-state index in [4.69, 9.17) is 10.6 Å². The summed E-state index contributed by atoms with van der Waals surface area (Å²) in [4.78, 5) is 0. The zero-order valence-electron chi connectivity index (χ0n) is 13.7. The van der Waals surface area contributed by atoms with Crippen LogP contribution in [0.5, 0.6) is 0 Å². The van der Waals surface area contributed by atoms with Crippen LogP contribution in [0.15, 0.2) is 18.2 Å².